The molecular formula is C14H14ClFN2O2. The number of rotatable bonds is 4. The lowest BCUT2D eigenvalue weighted by Crippen LogP contribution is -2.09. The molecule has 106 valence electrons. The maximum Gasteiger partial charge on any atom is 0.240 e. The van der Waals surface area contributed by atoms with Crippen molar-refractivity contribution in [1.29, 1.82) is 0 Å². The summed E-state index contributed by atoms with van der Waals surface area (Å²) < 4.78 is 23.9. The quantitative estimate of drug-likeness (QED) is 0.925. The summed E-state index contributed by atoms with van der Waals surface area (Å²) in [4.78, 5) is 4.15. The molecule has 0 spiro atoms. The first-order valence-electron chi connectivity index (χ1n) is 6.02. The Kier molecular flexibility index (Phi) is 4.29. The van der Waals surface area contributed by atoms with E-state index in [4.69, 9.17) is 26.8 Å². The predicted molar refractivity (Wildman–Crippen MR) is 75.9 cm³/mol. The molecule has 0 radical (unpaired) electrons. The lowest BCUT2D eigenvalue weighted by Gasteiger charge is -2.12. The van der Waals surface area contributed by atoms with E-state index in [-0.39, 0.29) is 22.9 Å². The van der Waals surface area contributed by atoms with Gasteiger partial charge < -0.3 is 15.2 Å². The fourth-order valence-electron chi connectivity index (χ4n) is 1.48. The molecule has 0 amide bonds. The highest BCUT2D eigenvalue weighted by Gasteiger charge is 2.10. The van der Waals surface area contributed by atoms with Gasteiger partial charge in [0.05, 0.1) is 16.8 Å². The standard InChI is InChI=1S/C14H14ClFN2O2/c1-8(2)19-14-11(17)4-6-13(18-14)20-12-5-3-9(16)7-10(12)15/h3-8H,17H2,1-2H3. The van der Waals surface area contributed by atoms with Crippen LogP contribution in [0.25, 0.3) is 0 Å². The van der Waals surface area contributed by atoms with E-state index in [9.17, 15) is 4.39 Å². The highest BCUT2D eigenvalue weighted by atomic mass is 35.5. The van der Waals surface area contributed by atoms with Crippen LogP contribution in [0.15, 0.2) is 30.3 Å². The topological polar surface area (TPSA) is 57.4 Å². The van der Waals surface area contributed by atoms with Crippen LogP contribution in [-0.2, 0) is 0 Å². The zero-order valence-corrected chi connectivity index (χ0v) is 11.8. The molecule has 0 saturated carbocycles. The van der Waals surface area contributed by atoms with Gasteiger partial charge in [0.2, 0.25) is 11.8 Å². The fourth-order valence-corrected chi connectivity index (χ4v) is 1.69. The highest BCUT2D eigenvalue weighted by Crippen LogP contribution is 2.31. The first-order chi connectivity index (χ1) is 9.45. The third-order valence-corrected chi connectivity index (χ3v) is 2.62. The summed E-state index contributed by atoms with van der Waals surface area (Å²) in [5.41, 5.74) is 6.18. The second kappa shape index (κ2) is 5.96. The minimum atomic E-state index is -0.434. The van der Waals surface area contributed by atoms with Gasteiger partial charge in [0.25, 0.3) is 0 Å². The van der Waals surface area contributed by atoms with E-state index in [1.54, 1.807) is 12.1 Å². The van der Waals surface area contributed by atoms with Crippen molar-refractivity contribution in [1.82, 2.24) is 4.98 Å². The average molecular weight is 297 g/mol. The van der Waals surface area contributed by atoms with Gasteiger partial charge in [-0.1, -0.05) is 11.6 Å². The van der Waals surface area contributed by atoms with Crippen LogP contribution in [0, 0.1) is 5.82 Å². The first-order valence-corrected chi connectivity index (χ1v) is 6.39. The van der Waals surface area contributed by atoms with Crippen molar-refractivity contribution in [3.63, 3.8) is 0 Å². The Labute approximate surface area is 121 Å². The molecule has 0 saturated heterocycles. The number of nitrogens with zero attached hydrogens (tertiary/aromatic N) is 1. The first kappa shape index (κ1) is 14.4. The molecule has 1 aromatic carbocycles. The molecule has 0 aliphatic heterocycles. The van der Waals surface area contributed by atoms with E-state index in [1.165, 1.54) is 18.2 Å². The molecule has 6 heteroatoms. The smallest absolute Gasteiger partial charge is 0.240 e. The summed E-state index contributed by atoms with van der Waals surface area (Å²) in [5, 5.41) is 0.162. The second-order valence-electron chi connectivity index (χ2n) is 4.39. The number of anilines is 1. The van der Waals surface area contributed by atoms with E-state index in [2.05, 4.69) is 4.98 Å². The Bertz CT molecular complexity index is 620. The summed E-state index contributed by atoms with van der Waals surface area (Å²) in [6.45, 7) is 3.73. The summed E-state index contributed by atoms with van der Waals surface area (Å²) in [6.07, 6.45) is -0.0607. The molecule has 2 rings (SSSR count). The van der Waals surface area contributed by atoms with Crippen LogP contribution >= 0.6 is 11.6 Å². The Hall–Kier alpha value is -2.01. The van der Waals surface area contributed by atoms with Gasteiger partial charge in [-0.05, 0) is 38.1 Å². The van der Waals surface area contributed by atoms with E-state index in [0.717, 1.165) is 0 Å². The molecular weight excluding hydrogens is 283 g/mol. The van der Waals surface area contributed by atoms with Gasteiger partial charge in [-0.25, -0.2) is 4.39 Å². The molecule has 0 fully saturated rings. The maximum absolute atomic E-state index is 13.0. The van der Waals surface area contributed by atoms with Crippen molar-refractivity contribution < 1.29 is 13.9 Å². The van der Waals surface area contributed by atoms with Crippen molar-refractivity contribution in [3.05, 3.63) is 41.2 Å². The number of nitrogen functional groups attached to an aromatic ring is 1. The Morgan fingerprint density at radius 3 is 2.65 bits per heavy atom. The lowest BCUT2D eigenvalue weighted by molar-refractivity contribution is 0.232. The Morgan fingerprint density at radius 1 is 1.25 bits per heavy atom. The van der Waals surface area contributed by atoms with Crippen molar-refractivity contribution in [3.8, 4) is 17.5 Å². The molecule has 0 unspecified atom stereocenters. The van der Waals surface area contributed by atoms with E-state index in [0.29, 0.717) is 11.4 Å². The van der Waals surface area contributed by atoms with E-state index < -0.39 is 5.82 Å². The number of halogens is 2. The minimum Gasteiger partial charge on any atom is -0.473 e. The molecule has 20 heavy (non-hydrogen) atoms. The predicted octanol–water partition coefficient (Wildman–Crippen LogP) is 4.04. The van der Waals surface area contributed by atoms with Gasteiger partial charge >= 0.3 is 0 Å². The molecule has 4 nitrogen and oxygen atoms in total. The summed E-state index contributed by atoms with van der Waals surface area (Å²) in [7, 11) is 0. The van der Waals surface area contributed by atoms with Gasteiger partial charge in [0.1, 0.15) is 11.6 Å². The van der Waals surface area contributed by atoms with Crippen LogP contribution in [0.3, 0.4) is 0 Å². The van der Waals surface area contributed by atoms with Gasteiger partial charge in [0.15, 0.2) is 0 Å². The number of nitrogens with two attached hydrogens (primary N) is 1. The molecule has 0 bridgehead atoms. The van der Waals surface area contributed by atoms with Crippen LogP contribution in [0.5, 0.6) is 17.5 Å². The third-order valence-electron chi connectivity index (χ3n) is 2.32. The number of hydrogen-bond acceptors (Lipinski definition) is 4. The van der Waals surface area contributed by atoms with Gasteiger partial charge in [0, 0.05) is 6.07 Å². The van der Waals surface area contributed by atoms with Gasteiger partial charge in [-0.3, -0.25) is 0 Å². The number of hydrogen-bond donors (Lipinski definition) is 1. The lowest BCUT2D eigenvalue weighted by atomic mass is 10.3. The normalized spacial score (nSPS) is 10.7. The molecule has 0 aliphatic rings. The Balaban J connectivity index is 2.25. The largest absolute Gasteiger partial charge is 0.473 e. The number of pyridine rings is 1. The van der Waals surface area contributed by atoms with Crippen LogP contribution in [0.2, 0.25) is 5.02 Å². The second-order valence-corrected chi connectivity index (χ2v) is 4.79. The average Bonchev–Trinajstić information content (AvgIpc) is 2.36. The van der Waals surface area contributed by atoms with Crippen molar-refractivity contribution >= 4 is 17.3 Å². The molecule has 0 aliphatic carbocycles. The van der Waals surface area contributed by atoms with Gasteiger partial charge in [-0.15, -0.1) is 0 Å². The van der Waals surface area contributed by atoms with Crippen molar-refractivity contribution in [2.24, 2.45) is 0 Å². The fraction of sp³-hybridized carbons (Fsp3) is 0.214. The number of ether oxygens (including phenoxy) is 2. The Morgan fingerprint density at radius 2 is 2.00 bits per heavy atom. The van der Waals surface area contributed by atoms with Gasteiger partial charge in [-0.2, -0.15) is 4.98 Å². The van der Waals surface area contributed by atoms with Crippen molar-refractivity contribution in [2.45, 2.75) is 20.0 Å². The van der Waals surface area contributed by atoms with Crippen LogP contribution in [0.1, 0.15) is 13.8 Å². The molecule has 0 atom stereocenters. The van der Waals surface area contributed by atoms with Crippen molar-refractivity contribution in [2.75, 3.05) is 5.73 Å². The van der Waals surface area contributed by atoms with E-state index in [1.807, 2.05) is 13.8 Å². The number of benzene rings is 1. The monoisotopic (exact) mass is 296 g/mol. The number of aromatic nitrogens is 1. The van der Waals surface area contributed by atoms with E-state index >= 15 is 0 Å². The van der Waals surface area contributed by atoms with Crippen LogP contribution in [0.4, 0.5) is 10.1 Å². The molecule has 2 N–H and O–H groups in total. The maximum atomic E-state index is 13.0. The SMILES string of the molecule is CC(C)Oc1nc(Oc2ccc(F)cc2Cl)ccc1N. The minimum absolute atomic E-state index is 0.0607. The molecule has 1 aromatic heterocycles. The summed E-state index contributed by atoms with van der Waals surface area (Å²) in [5.74, 6) is 0.427. The summed E-state index contributed by atoms with van der Waals surface area (Å²) in [6, 6.07) is 7.06. The molecule has 1 heterocycles. The van der Waals surface area contributed by atoms with Crippen LogP contribution in [-0.4, -0.2) is 11.1 Å². The van der Waals surface area contributed by atoms with Crippen LogP contribution < -0.4 is 15.2 Å². The summed E-state index contributed by atoms with van der Waals surface area (Å²) >= 11 is 5.89. The highest BCUT2D eigenvalue weighted by molar-refractivity contribution is 6.32. The third kappa shape index (κ3) is 3.51. The zero-order chi connectivity index (χ0) is 14.7. The molecule has 2 aromatic rings. The zero-order valence-electron chi connectivity index (χ0n) is 11.1.